The van der Waals surface area contributed by atoms with Crippen molar-refractivity contribution >= 4 is 12.8 Å². The Hall–Kier alpha value is -1.53. The van der Waals surface area contributed by atoms with Gasteiger partial charge in [0.15, 0.2) is 0 Å². The Kier molecular flexibility index (Phi) is 5.09. The van der Waals surface area contributed by atoms with E-state index in [2.05, 4.69) is 42.5 Å². The molecular formula is C25H33O2P. The molecule has 2 nitrogen and oxygen atoms in total. The molecule has 0 atom stereocenters. The van der Waals surface area contributed by atoms with Crippen LogP contribution in [0.3, 0.4) is 0 Å². The molecule has 2 aliphatic carbocycles. The molecule has 0 saturated heterocycles. The first-order valence-electron chi connectivity index (χ1n) is 11.3. The normalized spacial score (nSPS) is 23.2. The van der Waals surface area contributed by atoms with Crippen LogP contribution in [0.15, 0.2) is 42.5 Å². The number of benzene rings is 2. The number of rotatable bonds is 3. The van der Waals surface area contributed by atoms with Crippen molar-refractivity contribution in [1.29, 1.82) is 0 Å². The second-order valence-corrected chi connectivity index (χ2v) is 12.9. The number of hydrogen-bond donors (Lipinski definition) is 0. The summed E-state index contributed by atoms with van der Waals surface area (Å²) in [6.45, 7) is 0. The standard InChI is InChI=1S/C25H33O2P/c1-26-22-16-10-17-23-25(22)21-15-8-9-18-24(21)28(27-23,19-11-4-2-5-12-19)20-13-6-3-7-14-20/h8-10,15-20,28H,2-7,11-14H2,1H3. The van der Waals surface area contributed by atoms with E-state index in [-0.39, 0.29) is 0 Å². The van der Waals surface area contributed by atoms with Gasteiger partial charge in [0.05, 0.1) is 0 Å². The third-order valence-electron chi connectivity index (χ3n) is 7.53. The van der Waals surface area contributed by atoms with E-state index in [1.165, 1.54) is 75.3 Å². The zero-order chi connectivity index (χ0) is 19.0. The maximum atomic E-state index is 7.33. The monoisotopic (exact) mass is 396 g/mol. The molecule has 2 fully saturated rings. The van der Waals surface area contributed by atoms with Gasteiger partial charge in [0.1, 0.15) is 0 Å². The summed E-state index contributed by atoms with van der Waals surface area (Å²) in [4.78, 5) is 0. The number of ether oxygens (including phenoxy) is 1. The van der Waals surface area contributed by atoms with Crippen molar-refractivity contribution in [1.82, 2.24) is 0 Å². The molecule has 0 radical (unpaired) electrons. The van der Waals surface area contributed by atoms with Crippen molar-refractivity contribution in [2.75, 3.05) is 7.11 Å². The fourth-order valence-corrected chi connectivity index (χ4v) is 12.4. The van der Waals surface area contributed by atoms with Crippen LogP contribution in [0.1, 0.15) is 64.2 Å². The van der Waals surface area contributed by atoms with Gasteiger partial charge in [-0.05, 0) is 0 Å². The van der Waals surface area contributed by atoms with E-state index in [4.69, 9.17) is 9.26 Å². The van der Waals surface area contributed by atoms with Gasteiger partial charge in [0.25, 0.3) is 0 Å². The first-order valence-corrected chi connectivity index (χ1v) is 13.4. The Labute approximate surface area is 170 Å². The molecule has 1 aliphatic heterocycles. The molecule has 3 heteroatoms. The third-order valence-corrected chi connectivity index (χ3v) is 12.9. The molecule has 5 rings (SSSR count). The molecule has 2 aromatic carbocycles. The first kappa shape index (κ1) is 18.5. The van der Waals surface area contributed by atoms with Gasteiger partial charge in [-0.15, -0.1) is 0 Å². The molecule has 0 amide bonds. The fourth-order valence-electron chi connectivity index (χ4n) is 6.31. The Morgan fingerprint density at radius 3 is 2.07 bits per heavy atom. The van der Waals surface area contributed by atoms with Crippen molar-refractivity contribution in [3.63, 3.8) is 0 Å². The van der Waals surface area contributed by atoms with Gasteiger partial charge >= 0.3 is 170 Å². The summed E-state index contributed by atoms with van der Waals surface area (Å²) in [7, 11) is -0.367. The van der Waals surface area contributed by atoms with E-state index in [1.54, 1.807) is 12.4 Å². The average molecular weight is 397 g/mol. The molecule has 0 unspecified atom stereocenters. The summed E-state index contributed by atoms with van der Waals surface area (Å²) in [5.74, 6) is 2.03. The van der Waals surface area contributed by atoms with Crippen LogP contribution in [0.2, 0.25) is 0 Å². The van der Waals surface area contributed by atoms with Crippen molar-refractivity contribution in [3.05, 3.63) is 42.5 Å². The zero-order valence-corrected chi connectivity index (χ0v) is 18.1. The Bertz CT molecular complexity index is 816. The van der Waals surface area contributed by atoms with Gasteiger partial charge in [0, 0.05) is 0 Å². The van der Waals surface area contributed by atoms with E-state index >= 15 is 0 Å². The molecule has 0 bridgehead atoms. The van der Waals surface area contributed by atoms with Crippen LogP contribution in [0.25, 0.3) is 11.1 Å². The van der Waals surface area contributed by atoms with E-state index < -0.39 is 7.49 Å². The summed E-state index contributed by atoms with van der Waals surface area (Å²) in [6.07, 6.45) is 13.7. The van der Waals surface area contributed by atoms with Crippen LogP contribution >= 0.6 is 7.49 Å². The van der Waals surface area contributed by atoms with Crippen LogP contribution in [-0.4, -0.2) is 18.4 Å². The molecule has 0 aromatic heterocycles. The fraction of sp³-hybridized carbons (Fsp3) is 0.520. The first-order chi connectivity index (χ1) is 13.8. The van der Waals surface area contributed by atoms with E-state index in [9.17, 15) is 0 Å². The molecule has 3 aliphatic rings. The van der Waals surface area contributed by atoms with E-state index in [1.807, 2.05) is 0 Å². The molecule has 1 heterocycles. The van der Waals surface area contributed by atoms with Crippen molar-refractivity contribution in [3.8, 4) is 22.6 Å². The average Bonchev–Trinajstić information content (AvgIpc) is 2.79. The molecule has 0 spiro atoms. The van der Waals surface area contributed by atoms with Crippen LogP contribution in [0.4, 0.5) is 0 Å². The van der Waals surface area contributed by atoms with Crippen LogP contribution in [0, 0.1) is 0 Å². The maximum absolute atomic E-state index is 7.33. The Morgan fingerprint density at radius 2 is 1.43 bits per heavy atom. The number of hydrogen-bond acceptors (Lipinski definition) is 2. The Balaban J connectivity index is 1.72. The Morgan fingerprint density at radius 1 is 0.786 bits per heavy atom. The van der Waals surface area contributed by atoms with Gasteiger partial charge in [0.2, 0.25) is 0 Å². The second kappa shape index (κ2) is 7.71. The van der Waals surface area contributed by atoms with Crippen molar-refractivity contribution in [2.45, 2.75) is 75.5 Å². The van der Waals surface area contributed by atoms with Gasteiger partial charge < -0.3 is 0 Å². The number of fused-ring (bicyclic) bond motifs is 3. The number of methoxy groups -OCH3 is 1. The summed E-state index contributed by atoms with van der Waals surface area (Å²) < 4.78 is 13.1. The summed E-state index contributed by atoms with van der Waals surface area (Å²) >= 11 is 0. The molecule has 150 valence electrons. The van der Waals surface area contributed by atoms with Crippen LogP contribution < -0.4 is 14.6 Å². The van der Waals surface area contributed by atoms with E-state index in [0.29, 0.717) is 0 Å². The minimum absolute atomic E-state index is 0.754. The summed E-state index contributed by atoms with van der Waals surface area (Å²) in [6, 6.07) is 15.6. The topological polar surface area (TPSA) is 18.5 Å². The molecule has 2 aromatic rings. The van der Waals surface area contributed by atoms with Gasteiger partial charge in [-0.1, -0.05) is 0 Å². The van der Waals surface area contributed by atoms with E-state index in [0.717, 1.165) is 22.8 Å². The third kappa shape index (κ3) is 2.88. The molecular weight excluding hydrogens is 363 g/mol. The zero-order valence-electron chi connectivity index (χ0n) is 17.1. The second-order valence-electron chi connectivity index (χ2n) is 8.94. The molecule has 2 saturated carbocycles. The van der Waals surface area contributed by atoms with Crippen LogP contribution in [0.5, 0.6) is 11.5 Å². The van der Waals surface area contributed by atoms with Gasteiger partial charge in [-0.2, -0.15) is 0 Å². The van der Waals surface area contributed by atoms with Gasteiger partial charge in [-0.25, -0.2) is 0 Å². The summed E-state index contributed by atoms with van der Waals surface area (Å²) in [5.41, 5.74) is 4.08. The summed E-state index contributed by atoms with van der Waals surface area (Å²) in [5, 5.41) is 1.56. The molecule has 0 N–H and O–H groups in total. The predicted molar refractivity (Wildman–Crippen MR) is 121 cm³/mol. The van der Waals surface area contributed by atoms with Gasteiger partial charge in [-0.3, -0.25) is 0 Å². The van der Waals surface area contributed by atoms with Crippen molar-refractivity contribution in [2.24, 2.45) is 0 Å². The SMILES string of the molecule is COc1cccc2c1-c1ccccc1[PH](C1CCCCC1)(C1CCCCC1)O2. The quantitative estimate of drug-likeness (QED) is 0.537. The minimum atomic E-state index is -2.14. The molecule has 28 heavy (non-hydrogen) atoms. The van der Waals surface area contributed by atoms with Crippen LogP contribution in [-0.2, 0) is 0 Å². The van der Waals surface area contributed by atoms with Crippen molar-refractivity contribution < 1.29 is 9.26 Å². The predicted octanol–water partition coefficient (Wildman–Crippen LogP) is 6.71.